The van der Waals surface area contributed by atoms with E-state index < -0.39 is 24.4 Å². The Morgan fingerprint density at radius 1 is 0.882 bits per heavy atom. The van der Waals surface area contributed by atoms with Crippen molar-refractivity contribution in [2.24, 2.45) is 0 Å². The number of carbonyl (C=O) groups is 4. The monoisotopic (exact) mass is 468 g/mol. The Kier molecular flexibility index (Phi) is 8.24. The number of ether oxygens (including phenoxy) is 3. The molecule has 1 N–H and O–H groups in total. The summed E-state index contributed by atoms with van der Waals surface area (Å²) in [5.41, 5.74) is 0.973. The summed E-state index contributed by atoms with van der Waals surface area (Å²) in [7, 11) is 0. The van der Waals surface area contributed by atoms with Gasteiger partial charge in [0.05, 0.1) is 29.9 Å². The van der Waals surface area contributed by atoms with Gasteiger partial charge in [0, 0.05) is 18.3 Å². The highest BCUT2D eigenvalue weighted by atomic mass is 16.5. The lowest BCUT2D eigenvalue weighted by Gasteiger charge is -2.13. The van der Waals surface area contributed by atoms with Crippen molar-refractivity contribution in [3.63, 3.8) is 0 Å². The van der Waals surface area contributed by atoms with E-state index in [1.807, 2.05) is 20.8 Å². The molecule has 2 aromatic carbocycles. The van der Waals surface area contributed by atoms with Gasteiger partial charge in [-0.25, -0.2) is 4.79 Å². The van der Waals surface area contributed by atoms with Crippen LogP contribution in [-0.4, -0.2) is 55.0 Å². The number of amides is 3. The number of benzene rings is 2. The van der Waals surface area contributed by atoms with Crippen molar-refractivity contribution in [1.29, 1.82) is 0 Å². The molecule has 0 aromatic heterocycles. The Labute approximate surface area is 198 Å². The fourth-order valence-electron chi connectivity index (χ4n) is 3.48. The Hall–Kier alpha value is -3.88. The molecule has 3 amide bonds. The fourth-order valence-corrected chi connectivity index (χ4v) is 3.48. The first-order chi connectivity index (χ1) is 16.4. The molecule has 2 aromatic rings. The van der Waals surface area contributed by atoms with Crippen molar-refractivity contribution in [2.75, 3.05) is 31.7 Å². The molecule has 1 aliphatic heterocycles. The van der Waals surface area contributed by atoms with E-state index in [1.165, 1.54) is 23.1 Å². The van der Waals surface area contributed by atoms with Crippen LogP contribution in [0.15, 0.2) is 36.4 Å². The largest absolute Gasteiger partial charge is 0.490 e. The molecule has 0 saturated heterocycles. The van der Waals surface area contributed by atoms with E-state index in [9.17, 15) is 19.2 Å². The first-order valence-corrected chi connectivity index (χ1v) is 11.3. The lowest BCUT2D eigenvalue weighted by atomic mass is 10.1. The third kappa shape index (κ3) is 5.54. The summed E-state index contributed by atoms with van der Waals surface area (Å²) in [5.74, 6) is -1.06. The molecule has 0 fully saturated rings. The summed E-state index contributed by atoms with van der Waals surface area (Å²) in [6.07, 6.45) is 1.55. The van der Waals surface area contributed by atoms with Crippen LogP contribution in [0, 0.1) is 0 Å². The van der Waals surface area contributed by atoms with Crippen LogP contribution in [0.5, 0.6) is 11.5 Å². The van der Waals surface area contributed by atoms with Gasteiger partial charge >= 0.3 is 5.97 Å². The van der Waals surface area contributed by atoms with Gasteiger partial charge in [-0.2, -0.15) is 0 Å². The molecule has 0 unspecified atom stereocenters. The lowest BCUT2D eigenvalue weighted by Crippen LogP contribution is -2.30. The normalized spacial score (nSPS) is 12.4. The van der Waals surface area contributed by atoms with Crippen LogP contribution in [-0.2, 0) is 9.53 Å². The molecule has 0 atom stereocenters. The summed E-state index contributed by atoms with van der Waals surface area (Å²) >= 11 is 0. The third-order valence-electron chi connectivity index (χ3n) is 5.10. The van der Waals surface area contributed by atoms with Gasteiger partial charge in [-0.1, -0.05) is 13.3 Å². The van der Waals surface area contributed by atoms with Crippen LogP contribution in [0.2, 0.25) is 0 Å². The molecule has 0 bridgehead atoms. The van der Waals surface area contributed by atoms with Gasteiger partial charge in [-0.05, 0) is 50.6 Å². The van der Waals surface area contributed by atoms with E-state index in [2.05, 4.69) is 5.32 Å². The molecule has 180 valence electrons. The molecule has 0 aliphatic carbocycles. The van der Waals surface area contributed by atoms with E-state index in [0.29, 0.717) is 43.4 Å². The van der Waals surface area contributed by atoms with Gasteiger partial charge in [-0.3, -0.25) is 19.3 Å². The number of rotatable bonds is 11. The average Bonchev–Trinajstić information content (AvgIpc) is 3.07. The van der Waals surface area contributed by atoms with Gasteiger partial charge in [0.25, 0.3) is 17.7 Å². The summed E-state index contributed by atoms with van der Waals surface area (Å²) in [4.78, 5) is 50.9. The Bertz CT molecular complexity index is 1100. The standard InChI is InChI=1S/C25H28N2O7/c1-4-7-12-27-23(29)18-10-8-16(13-19(18)24(27)30)25(31)34-15-22(28)26-17-9-11-20(32-5-2)21(14-17)33-6-3/h8-11,13-14H,4-7,12,15H2,1-3H3,(H,26,28). The number of unbranched alkanes of at least 4 members (excludes halogenated alkanes) is 1. The zero-order valence-electron chi connectivity index (χ0n) is 19.5. The Balaban J connectivity index is 1.61. The van der Waals surface area contributed by atoms with E-state index in [4.69, 9.17) is 14.2 Å². The zero-order valence-corrected chi connectivity index (χ0v) is 19.5. The highest BCUT2D eigenvalue weighted by molar-refractivity contribution is 6.22. The zero-order chi connectivity index (χ0) is 24.7. The maximum Gasteiger partial charge on any atom is 0.338 e. The second-order valence-corrected chi connectivity index (χ2v) is 7.53. The number of fused-ring (bicyclic) bond motifs is 1. The van der Waals surface area contributed by atoms with Gasteiger partial charge in [0.2, 0.25) is 0 Å². The van der Waals surface area contributed by atoms with Gasteiger partial charge in [0.15, 0.2) is 18.1 Å². The Morgan fingerprint density at radius 3 is 2.29 bits per heavy atom. The summed E-state index contributed by atoms with van der Waals surface area (Å²) in [6.45, 7) is 6.38. The van der Waals surface area contributed by atoms with E-state index in [0.717, 1.165) is 6.42 Å². The second-order valence-electron chi connectivity index (χ2n) is 7.53. The number of nitrogens with one attached hydrogen (secondary N) is 1. The van der Waals surface area contributed by atoms with Crippen LogP contribution >= 0.6 is 0 Å². The summed E-state index contributed by atoms with van der Waals surface area (Å²) < 4.78 is 16.1. The molecule has 1 heterocycles. The van der Waals surface area contributed by atoms with Gasteiger partial charge < -0.3 is 19.5 Å². The number of esters is 1. The first-order valence-electron chi connectivity index (χ1n) is 11.3. The molecule has 9 nitrogen and oxygen atoms in total. The van der Waals surface area contributed by atoms with Crippen LogP contribution in [0.1, 0.15) is 64.7 Å². The number of hydrogen-bond acceptors (Lipinski definition) is 7. The van der Waals surface area contributed by atoms with Gasteiger partial charge in [0.1, 0.15) is 0 Å². The maximum absolute atomic E-state index is 12.6. The minimum Gasteiger partial charge on any atom is -0.490 e. The fraction of sp³-hybridized carbons (Fsp3) is 0.360. The highest BCUT2D eigenvalue weighted by Crippen LogP contribution is 2.30. The number of hydrogen-bond donors (Lipinski definition) is 1. The van der Waals surface area contributed by atoms with Crippen molar-refractivity contribution in [2.45, 2.75) is 33.6 Å². The van der Waals surface area contributed by atoms with Crippen molar-refractivity contribution in [1.82, 2.24) is 4.90 Å². The smallest absolute Gasteiger partial charge is 0.338 e. The number of imide groups is 1. The first kappa shape index (κ1) is 24.8. The molecule has 0 spiro atoms. The van der Waals surface area contributed by atoms with E-state index in [-0.39, 0.29) is 22.6 Å². The van der Waals surface area contributed by atoms with Crippen molar-refractivity contribution in [3.05, 3.63) is 53.1 Å². The number of anilines is 1. The van der Waals surface area contributed by atoms with Crippen molar-refractivity contribution in [3.8, 4) is 11.5 Å². The van der Waals surface area contributed by atoms with Crippen LogP contribution in [0.25, 0.3) is 0 Å². The summed E-state index contributed by atoms with van der Waals surface area (Å²) in [5, 5.41) is 2.64. The number of nitrogens with zero attached hydrogens (tertiary/aromatic N) is 1. The molecule has 9 heteroatoms. The summed E-state index contributed by atoms with van der Waals surface area (Å²) in [6, 6.07) is 9.15. The van der Waals surface area contributed by atoms with Gasteiger partial charge in [-0.15, -0.1) is 0 Å². The lowest BCUT2D eigenvalue weighted by molar-refractivity contribution is -0.119. The van der Waals surface area contributed by atoms with Crippen LogP contribution < -0.4 is 14.8 Å². The minimum absolute atomic E-state index is 0.0877. The quantitative estimate of drug-likeness (QED) is 0.396. The molecule has 1 aliphatic rings. The SMILES string of the molecule is CCCCN1C(=O)c2ccc(C(=O)OCC(=O)Nc3ccc(OCC)c(OCC)c3)cc2C1=O. The maximum atomic E-state index is 12.6. The molecule has 34 heavy (non-hydrogen) atoms. The molecule has 0 saturated carbocycles. The second kappa shape index (κ2) is 11.3. The highest BCUT2D eigenvalue weighted by Gasteiger charge is 2.35. The minimum atomic E-state index is -0.771. The predicted octanol–water partition coefficient (Wildman–Crippen LogP) is 3.68. The van der Waals surface area contributed by atoms with E-state index >= 15 is 0 Å². The topological polar surface area (TPSA) is 111 Å². The molecular weight excluding hydrogens is 440 g/mol. The van der Waals surface area contributed by atoms with E-state index in [1.54, 1.807) is 18.2 Å². The van der Waals surface area contributed by atoms with Crippen LogP contribution in [0.3, 0.4) is 0 Å². The molecular formula is C25H28N2O7. The molecule has 0 radical (unpaired) electrons. The van der Waals surface area contributed by atoms with Crippen LogP contribution in [0.4, 0.5) is 5.69 Å². The number of carbonyl (C=O) groups excluding carboxylic acids is 4. The predicted molar refractivity (Wildman–Crippen MR) is 124 cm³/mol. The van der Waals surface area contributed by atoms with Crippen molar-refractivity contribution >= 4 is 29.4 Å². The Morgan fingerprint density at radius 2 is 1.59 bits per heavy atom. The molecule has 3 rings (SSSR count). The third-order valence-corrected chi connectivity index (χ3v) is 5.10. The average molecular weight is 469 g/mol. The van der Waals surface area contributed by atoms with Crippen molar-refractivity contribution < 1.29 is 33.4 Å².